The van der Waals surface area contributed by atoms with E-state index in [1.807, 2.05) is 54.3 Å². The van der Waals surface area contributed by atoms with Gasteiger partial charge in [-0.15, -0.1) is 0 Å². The van der Waals surface area contributed by atoms with Crippen LogP contribution in [0.25, 0.3) is 11.3 Å². The lowest BCUT2D eigenvalue weighted by molar-refractivity contribution is 0.0707. The Morgan fingerprint density at radius 3 is 2.69 bits per heavy atom. The van der Waals surface area contributed by atoms with Gasteiger partial charge in [0.25, 0.3) is 5.91 Å². The van der Waals surface area contributed by atoms with E-state index < -0.39 is 0 Å². The molecule has 0 saturated carbocycles. The summed E-state index contributed by atoms with van der Waals surface area (Å²) in [6.07, 6.45) is 2.15. The molecular weight excluding hydrogens is 360 g/mol. The Morgan fingerprint density at radius 2 is 1.90 bits per heavy atom. The number of methoxy groups -OCH3 is 1. The van der Waals surface area contributed by atoms with Crippen LogP contribution in [-0.2, 0) is 0 Å². The highest BCUT2D eigenvalue weighted by Crippen LogP contribution is 2.30. The summed E-state index contributed by atoms with van der Waals surface area (Å²) in [6, 6.07) is 22.1. The van der Waals surface area contributed by atoms with Crippen LogP contribution in [-0.4, -0.2) is 36.0 Å². The van der Waals surface area contributed by atoms with Crippen molar-refractivity contribution in [3.63, 3.8) is 0 Å². The Labute approximate surface area is 172 Å². The minimum atomic E-state index is 0.0825. The molecule has 2 aromatic carbocycles. The molecule has 1 aliphatic heterocycles. The summed E-state index contributed by atoms with van der Waals surface area (Å²) >= 11 is 0. The molecule has 1 fully saturated rings. The molecule has 0 spiro atoms. The number of carbonyl (C=O) groups is 1. The minimum Gasteiger partial charge on any atom is -0.494 e. The van der Waals surface area contributed by atoms with Crippen molar-refractivity contribution >= 4 is 5.91 Å². The number of aromatic nitrogens is 1. The van der Waals surface area contributed by atoms with Crippen LogP contribution in [0, 0.1) is 6.92 Å². The lowest BCUT2D eigenvalue weighted by atomic mass is 9.90. The van der Waals surface area contributed by atoms with Gasteiger partial charge in [-0.1, -0.05) is 42.5 Å². The van der Waals surface area contributed by atoms with Crippen molar-refractivity contribution in [2.24, 2.45) is 0 Å². The molecule has 1 amide bonds. The van der Waals surface area contributed by atoms with Gasteiger partial charge in [-0.2, -0.15) is 0 Å². The fourth-order valence-electron chi connectivity index (χ4n) is 4.06. The summed E-state index contributed by atoms with van der Waals surface area (Å²) in [5.74, 6) is 1.19. The van der Waals surface area contributed by atoms with Crippen LogP contribution in [0.5, 0.6) is 5.75 Å². The number of piperidine rings is 1. The van der Waals surface area contributed by atoms with E-state index in [9.17, 15) is 4.79 Å². The first-order valence-corrected chi connectivity index (χ1v) is 10.1. The van der Waals surface area contributed by atoms with E-state index in [1.54, 1.807) is 7.11 Å². The quantitative estimate of drug-likeness (QED) is 0.627. The highest BCUT2D eigenvalue weighted by atomic mass is 16.5. The number of carbonyl (C=O) groups excluding carboxylic acids is 1. The van der Waals surface area contributed by atoms with Crippen molar-refractivity contribution in [3.8, 4) is 17.0 Å². The zero-order valence-electron chi connectivity index (χ0n) is 17.0. The smallest absolute Gasteiger partial charge is 0.253 e. The molecule has 3 aromatic rings. The number of nitrogens with zero attached hydrogens (tertiary/aromatic N) is 2. The van der Waals surface area contributed by atoms with E-state index in [-0.39, 0.29) is 5.91 Å². The lowest BCUT2D eigenvalue weighted by Gasteiger charge is -2.33. The number of rotatable bonds is 4. The van der Waals surface area contributed by atoms with Gasteiger partial charge >= 0.3 is 0 Å². The fraction of sp³-hybridized carbons (Fsp3) is 0.280. The van der Waals surface area contributed by atoms with E-state index >= 15 is 0 Å². The number of benzene rings is 2. The largest absolute Gasteiger partial charge is 0.494 e. The van der Waals surface area contributed by atoms with E-state index in [1.165, 1.54) is 5.56 Å². The number of ether oxygens (including phenoxy) is 1. The predicted molar refractivity (Wildman–Crippen MR) is 115 cm³/mol. The monoisotopic (exact) mass is 386 g/mol. The number of likely N-dealkylation sites (tertiary alicyclic amines) is 1. The van der Waals surface area contributed by atoms with Crippen LogP contribution in [0.15, 0.2) is 66.7 Å². The average molecular weight is 386 g/mol. The Morgan fingerprint density at radius 1 is 1.07 bits per heavy atom. The summed E-state index contributed by atoms with van der Waals surface area (Å²) in [6.45, 7) is 3.52. The van der Waals surface area contributed by atoms with Crippen LogP contribution >= 0.6 is 0 Å². The molecule has 4 rings (SSSR count). The molecule has 2 heterocycles. The molecule has 1 aliphatic rings. The summed E-state index contributed by atoms with van der Waals surface area (Å²) in [5.41, 5.74) is 4.59. The third-order valence-corrected chi connectivity index (χ3v) is 5.58. The van der Waals surface area contributed by atoms with Gasteiger partial charge < -0.3 is 9.64 Å². The molecule has 0 N–H and O–H groups in total. The third-order valence-electron chi connectivity index (χ3n) is 5.58. The number of hydrogen-bond donors (Lipinski definition) is 0. The number of aryl methyl sites for hydroxylation is 1. The molecule has 0 radical (unpaired) electrons. The van der Waals surface area contributed by atoms with Gasteiger partial charge in [-0.3, -0.25) is 4.79 Å². The number of hydrogen-bond acceptors (Lipinski definition) is 3. The maximum Gasteiger partial charge on any atom is 0.253 e. The third kappa shape index (κ3) is 4.16. The highest BCUT2D eigenvalue weighted by Gasteiger charge is 2.25. The van der Waals surface area contributed by atoms with Gasteiger partial charge in [-0.05, 0) is 49.6 Å². The van der Waals surface area contributed by atoms with Crippen LogP contribution < -0.4 is 4.74 Å². The molecular formula is C25H26N2O2. The zero-order chi connectivity index (χ0) is 20.2. The van der Waals surface area contributed by atoms with Gasteiger partial charge in [-0.25, -0.2) is 4.98 Å². The van der Waals surface area contributed by atoms with Crippen LogP contribution in [0.4, 0.5) is 0 Å². The summed E-state index contributed by atoms with van der Waals surface area (Å²) in [5, 5.41) is 0. The van der Waals surface area contributed by atoms with E-state index in [0.717, 1.165) is 42.9 Å². The Kier molecular flexibility index (Phi) is 5.61. The molecule has 0 aliphatic carbocycles. The fourth-order valence-corrected chi connectivity index (χ4v) is 4.06. The lowest BCUT2D eigenvalue weighted by Crippen LogP contribution is -2.39. The Balaban J connectivity index is 1.58. The molecule has 29 heavy (non-hydrogen) atoms. The van der Waals surface area contributed by atoms with Gasteiger partial charge in [0.2, 0.25) is 0 Å². The number of pyridine rings is 1. The molecule has 0 bridgehead atoms. The van der Waals surface area contributed by atoms with Gasteiger partial charge in [0.05, 0.1) is 7.11 Å². The van der Waals surface area contributed by atoms with Crippen LogP contribution in [0.1, 0.15) is 40.4 Å². The highest BCUT2D eigenvalue weighted by molar-refractivity contribution is 5.95. The van der Waals surface area contributed by atoms with Crippen molar-refractivity contribution in [2.45, 2.75) is 25.7 Å². The van der Waals surface area contributed by atoms with Crippen LogP contribution in [0.3, 0.4) is 0 Å². The second-order valence-electron chi connectivity index (χ2n) is 7.59. The molecule has 1 saturated heterocycles. The van der Waals surface area contributed by atoms with E-state index in [0.29, 0.717) is 17.2 Å². The maximum absolute atomic E-state index is 13.3. The first-order valence-electron chi connectivity index (χ1n) is 10.1. The summed E-state index contributed by atoms with van der Waals surface area (Å²) in [7, 11) is 1.64. The Bertz CT molecular complexity index is 1000. The zero-order valence-corrected chi connectivity index (χ0v) is 17.0. The number of amides is 1. The maximum atomic E-state index is 13.3. The van der Waals surface area contributed by atoms with Gasteiger partial charge in [0.1, 0.15) is 11.4 Å². The minimum absolute atomic E-state index is 0.0825. The first kappa shape index (κ1) is 19.2. The van der Waals surface area contributed by atoms with Crippen molar-refractivity contribution in [2.75, 3.05) is 20.2 Å². The summed E-state index contributed by atoms with van der Waals surface area (Å²) < 4.78 is 5.48. The van der Waals surface area contributed by atoms with Crippen molar-refractivity contribution in [3.05, 3.63) is 83.6 Å². The van der Waals surface area contributed by atoms with E-state index in [4.69, 9.17) is 4.74 Å². The summed E-state index contributed by atoms with van der Waals surface area (Å²) in [4.78, 5) is 19.9. The SMILES string of the molecule is COc1ccc(C)nc1-c1cccc(C(=O)N2CCC[C@@H](c3ccccc3)C2)c1. The van der Waals surface area contributed by atoms with Crippen molar-refractivity contribution < 1.29 is 9.53 Å². The van der Waals surface area contributed by atoms with Crippen molar-refractivity contribution in [1.29, 1.82) is 0 Å². The Hall–Kier alpha value is -3.14. The second kappa shape index (κ2) is 8.48. The molecule has 4 nitrogen and oxygen atoms in total. The van der Waals surface area contributed by atoms with Gasteiger partial charge in [0, 0.05) is 35.8 Å². The first-order chi connectivity index (χ1) is 14.2. The van der Waals surface area contributed by atoms with Crippen molar-refractivity contribution in [1.82, 2.24) is 9.88 Å². The molecule has 0 unspecified atom stereocenters. The standard InChI is InChI=1S/C25H26N2O2/c1-18-13-14-23(29-2)24(26-18)20-10-6-11-21(16-20)25(28)27-15-7-12-22(17-27)19-8-4-3-5-9-19/h3-6,8-11,13-14,16,22H,7,12,15,17H2,1-2H3/t22-/m1/s1. The predicted octanol–water partition coefficient (Wildman–Crippen LogP) is 5.09. The van der Waals surface area contributed by atoms with Gasteiger partial charge in [0.15, 0.2) is 0 Å². The average Bonchev–Trinajstić information content (AvgIpc) is 2.79. The molecule has 148 valence electrons. The molecule has 1 aromatic heterocycles. The molecule has 1 atom stereocenters. The van der Waals surface area contributed by atoms with E-state index in [2.05, 4.69) is 29.2 Å². The van der Waals surface area contributed by atoms with Crippen LogP contribution in [0.2, 0.25) is 0 Å². The second-order valence-corrected chi connectivity index (χ2v) is 7.59. The molecule has 4 heteroatoms. The topological polar surface area (TPSA) is 42.4 Å². The normalized spacial score (nSPS) is 16.5.